The summed E-state index contributed by atoms with van der Waals surface area (Å²) in [5.41, 5.74) is 10.7. The minimum Gasteiger partial charge on any atom is -0.379 e. The third kappa shape index (κ3) is 60.3. The molecule has 0 aliphatic carbocycles. The van der Waals surface area contributed by atoms with Gasteiger partial charge in [0.15, 0.2) is 0 Å². The van der Waals surface area contributed by atoms with Gasteiger partial charge in [0.05, 0.1) is 238 Å². The Kier molecular flexibility index (Phi) is 59.6. The van der Waals surface area contributed by atoms with Crippen LogP contribution in [0.25, 0.3) is 0 Å². The molecule has 24 nitrogen and oxygen atoms in total. The summed E-state index contributed by atoms with van der Waals surface area (Å²) in [4.78, 5) is 23.7. The number of hydrogen-bond acceptors (Lipinski definition) is 22. The predicted molar refractivity (Wildman–Crippen MR) is 248 cm³/mol. The number of nitrogens with two attached hydrogens (primary N) is 2. The smallest absolute Gasteiger partial charge is 0.222 e. The molecular formula is C44H90N4O20. The van der Waals surface area contributed by atoms with Gasteiger partial charge in [0.2, 0.25) is 11.8 Å². The topological polar surface area (TPSA) is 276 Å². The number of carbonyl (C=O) groups excluding carboxylic acids is 2. The number of hydrogen-bond donors (Lipinski definition) is 4. The lowest BCUT2D eigenvalue weighted by molar-refractivity contribution is -0.123. The zero-order valence-corrected chi connectivity index (χ0v) is 41.0. The summed E-state index contributed by atoms with van der Waals surface area (Å²) in [6, 6.07) is 0. The second kappa shape index (κ2) is 61.3. The van der Waals surface area contributed by atoms with E-state index in [1.807, 2.05) is 0 Å². The van der Waals surface area contributed by atoms with Gasteiger partial charge in [-0.3, -0.25) is 9.59 Å². The molecule has 0 saturated heterocycles. The first-order valence-corrected chi connectivity index (χ1v) is 24.0. The van der Waals surface area contributed by atoms with E-state index in [2.05, 4.69) is 10.6 Å². The van der Waals surface area contributed by atoms with Crippen molar-refractivity contribution in [2.24, 2.45) is 11.5 Å². The average molecular weight is 995 g/mol. The minimum absolute atomic E-state index is 0.0935. The molecule has 0 heterocycles. The van der Waals surface area contributed by atoms with Crippen molar-refractivity contribution in [3.63, 3.8) is 0 Å². The van der Waals surface area contributed by atoms with Crippen LogP contribution in [0, 0.1) is 0 Å². The Hall–Kier alpha value is -1.86. The first-order chi connectivity index (χ1) is 33.7. The largest absolute Gasteiger partial charge is 0.379 e. The predicted octanol–water partition coefficient (Wildman–Crippen LogP) is -1.78. The molecule has 0 rings (SSSR count). The van der Waals surface area contributed by atoms with E-state index >= 15 is 0 Å². The highest BCUT2D eigenvalue weighted by atomic mass is 16.6. The van der Waals surface area contributed by atoms with Crippen molar-refractivity contribution >= 4 is 11.8 Å². The van der Waals surface area contributed by atoms with Crippen molar-refractivity contribution in [3.8, 4) is 0 Å². The molecule has 0 atom stereocenters. The highest BCUT2D eigenvalue weighted by Crippen LogP contribution is 1.90. The molecule has 0 bridgehead atoms. The molecule has 0 aromatic heterocycles. The highest BCUT2D eigenvalue weighted by Gasteiger charge is 2.03. The number of amides is 2. The molecule has 0 radical (unpaired) electrons. The van der Waals surface area contributed by atoms with Crippen molar-refractivity contribution in [2.75, 3.05) is 264 Å². The Labute approximate surface area is 405 Å². The van der Waals surface area contributed by atoms with Crippen molar-refractivity contribution in [3.05, 3.63) is 0 Å². The Morgan fingerprint density at radius 1 is 0.221 bits per heavy atom. The van der Waals surface area contributed by atoms with Gasteiger partial charge in [-0.25, -0.2) is 0 Å². The molecule has 0 aromatic rings. The Bertz CT molecular complexity index is 916. The normalized spacial score (nSPS) is 11.5. The standard InChI is InChI=1S/C44H90N4O20/c45-3-9-53-15-21-59-27-25-57-19-13-51-7-1-43(49)47-5-11-55-17-23-61-29-31-63-33-35-65-37-39-67-41-42-68-40-38-66-36-34-64-32-30-62-24-18-56-12-6-48-44(50)2-8-52-14-20-58-26-28-60-22-16-54-10-4-46/h1-42,45-46H2,(H,47,49)(H,48,50). The fraction of sp³-hybridized carbons (Fsp3) is 0.955. The summed E-state index contributed by atoms with van der Waals surface area (Å²) in [5, 5.41) is 5.58. The molecule has 0 saturated carbocycles. The summed E-state index contributed by atoms with van der Waals surface area (Å²) in [5.74, 6) is -0.187. The fourth-order valence-corrected chi connectivity index (χ4v) is 4.80. The third-order valence-electron chi connectivity index (χ3n) is 8.19. The average Bonchev–Trinajstić information content (AvgIpc) is 3.34. The third-order valence-corrected chi connectivity index (χ3v) is 8.19. The summed E-state index contributed by atoms with van der Waals surface area (Å²) in [6.07, 6.45) is 0.550. The summed E-state index contributed by atoms with van der Waals surface area (Å²) in [7, 11) is 0. The Balaban J connectivity index is 3.16. The van der Waals surface area contributed by atoms with Crippen LogP contribution in [0.5, 0.6) is 0 Å². The number of nitrogens with one attached hydrogen (secondary N) is 2. The molecule has 0 fully saturated rings. The molecule has 0 aliphatic rings. The van der Waals surface area contributed by atoms with Crippen molar-refractivity contribution in [1.29, 1.82) is 0 Å². The lowest BCUT2D eigenvalue weighted by atomic mass is 10.4. The van der Waals surface area contributed by atoms with Crippen LogP contribution >= 0.6 is 0 Å². The van der Waals surface area contributed by atoms with Gasteiger partial charge in [-0.1, -0.05) is 0 Å². The highest BCUT2D eigenvalue weighted by molar-refractivity contribution is 5.76. The number of carbonyl (C=O) groups is 2. The van der Waals surface area contributed by atoms with Gasteiger partial charge >= 0.3 is 0 Å². The number of rotatable bonds is 61. The van der Waals surface area contributed by atoms with E-state index in [0.29, 0.717) is 264 Å². The van der Waals surface area contributed by atoms with E-state index in [1.54, 1.807) is 0 Å². The van der Waals surface area contributed by atoms with Crippen LogP contribution in [-0.2, 0) is 94.9 Å². The molecule has 24 heteroatoms. The molecule has 0 aromatic carbocycles. The van der Waals surface area contributed by atoms with Crippen molar-refractivity contribution < 1.29 is 94.9 Å². The van der Waals surface area contributed by atoms with Gasteiger partial charge in [-0.2, -0.15) is 0 Å². The van der Waals surface area contributed by atoms with Crippen LogP contribution in [0.4, 0.5) is 0 Å². The number of ether oxygens (including phenoxy) is 18. The molecule has 0 spiro atoms. The molecule has 406 valence electrons. The van der Waals surface area contributed by atoms with Crippen LogP contribution in [0.2, 0.25) is 0 Å². The monoisotopic (exact) mass is 995 g/mol. The van der Waals surface area contributed by atoms with Crippen LogP contribution in [0.3, 0.4) is 0 Å². The zero-order chi connectivity index (χ0) is 49.0. The van der Waals surface area contributed by atoms with Crippen LogP contribution in [0.1, 0.15) is 12.8 Å². The summed E-state index contributed by atoms with van der Waals surface area (Å²) >= 11 is 0. The molecular weight excluding hydrogens is 904 g/mol. The summed E-state index contributed by atoms with van der Waals surface area (Å²) < 4.78 is 97.7. The van der Waals surface area contributed by atoms with E-state index in [9.17, 15) is 9.59 Å². The molecule has 2 amide bonds. The van der Waals surface area contributed by atoms with Gasteiger partial charge in [-0.05, 0) is 0 Å². The zero-order valence-electron chi connectivity index (χ0n) is 41.0. The SMILES string of the molecule is NCCOCCOCCOCCOCCC(=O)NCCOCCOCCOCCOCCOCCOCCOCCOCCOCCOCCNC(=O)CCOCCOCCOCCOCCN. The maximum absolute atomic E-state index is 11.9. The second-order valence-electron chi connectivity index (χ2n) is 13.8. The van der Waals surface area contributed by atoms with Crippen LogP contribution in [0.15, 0.2) is 0 Å². The van der Waals surface area contributed by atoms with E-state index < -0.39 is 0 Å². The van der Waals surface area contributed by atoms with Gasteiger partial charge < -0.3 is 107 Å². The van der Waals surface area contributed by atoms with E-state index in [-0.39, 0.29) is 24.7 Å². The summed E-state index contributed by atoms with van der Waals surface area (Å²) in [6.45, 7) is 18.3. The maximum atomic E-state index is 11.9. The minimum atomic E-state index is -0.0935. The quantitative estimate of drug-likeness (QED) is 0.0490. The molecule has 6 N–H and O–H groups in total. The molecule has 0 unspecified atom stereocenters. The first-order valence-electron chi connectivity index (χ1n) is 24.0. The second-order valence-corrected chi connectivity index (χ2v) is 13.8. The van der Waals surface area contributed by atoms with Crippen LogP contribution < -0.4 is 22.1 Å². The lowest BCUT2D eigenvalue weighted by Crippen LogP contribution is -2.28. The lowest BCUT2D eigenvalue weighted by Gasteiger charge is -2.09. The van der Waals surface area contributed by atoms with E-state index in [1.165, 1.54) is 0 Å². The first kappa shape index (κ1) is 66.1. The fourth-order valence-electron chi connectivity index (χ4n) is 4.80. The van der Waals surface area contributed by atoms with Crippen molar-refractivity contribution in [2.45, 2.75) is 12.8 Å². The Morgan fingerprint density at radius 3 is 0.544 bits per heavy atom. The van der Waals surface area contributed by atoms with Gasteiger partial charge in [-0.15, -0.1) is 0 Å². The van der Waals surface area contributed by atoms with Gasteiger partial charge in [0.1, 0.15) is 0 Å². The maximum Gasteiger partial charge on any atom is 0.222 e. The molecule has 0 aliphatic heterocycles. The van der Waals surface area contributed by atoms with Crippen molar-refractivity contribution in [1.82, 2.24) is 10.6 Å². The van der Waals surface area contributed by atoms with Gasteiger partial charge in [0.25, 0.3) is 0 Å². The molecule has 68 heavy (non-hydrogen) atoms. The van der Waals surface area contributed by atoms with E-state index in [4.69, 9.17) is 96.7 Å². The van der Waals surface area contributed by atoms with Gasteiger partial charge in [0, 0.05) is 39.0 Å². The van der Waals surface area contributed by atoms with E-state index in [0.717, 1.165) is 0 Å². The van der Waals surface area contributed by atoms with Crippen LogP contribution in [-0.4, -0.2) is 276 Å². The Morgan fingerprint density at radius 2 is 0.368 bits per heavy atom.